The first-order chi connectivity index (χ1) is 10.9. The van der Waals surface area contributed by atoms with Gasteiger partial charge < -0.3 is 0 Å². The van der Waals surface area contributed by atoms with Crippen molar-refractivity contribution in [1.82, 2.24) is 4.98 Å². The number of thiazole rings is 1. The number of amides is 1. The SMILES string of the molecule is CS(=O)(=O)Nc1ccc2sc(NC(=O)c3ccccc3)nc2c1. The Morgan fingerprint density at radius 1 is 1.13 bits per heavy atom. The van der Waals surface area contributed by atoms with E-state index in [9.17, 15) is 13.2 Å². The average molecular weight is 347 g/mol. The van der Waals surface area contributed by atoms with E-state index >= 15 is 0 Å². The van der Waals surface area contributed by atoms with Crippen LogP contribution in [-0.2, 0) is 10.0 Å². The molecule has 3 aromatic rings. The number of carbonyl (C=O) groups is 1. The topological polar surface area (TPSA) is 88.2 Å². The molecule has 2 N–H and O–H groups in total. The minimum absolute atomic E-state index is 0.237. The van der Waals surface area contributed by atoms with Crippen LogP contribution in [0.25, 0.3) is 10.2 Å². The van der Waals surface area contributed by atoms with E-state index in [4.69, 9.17) is 0 Å². The Balaban J connectivity index is 1.84. The number of benzene rings is 2. The zero-order valence-corrected chi connectivity index (χ0v) is 13.7. The van der Waals surface area contributed by atoms with Crippen molar-refractivity contribution < 1.29 is 13.2 Å². The van der Waals surface area contributed by atoms with Gasteiger partial charge in [0.15, 0.2) is 5.13 Å². The fourth-order valence-electron chi connectivity index (χ4n) is 2.02. The number of anilines is 2. The molecule has 0 atom stereocenters. The smallest absolute Gasteiger partial charge is 0.257 e. The number of carbonyl (C=O) groups excluding carboxylic acids is 1. The van der Waals surface area contributed by atoms with Crippen molar-refractivity contribution in [3.63, 3.8) is 0 Å². The Hall–Kier alpha value is -2.45. The molecule has 118 valence electrons. The van der Waals surface area contributed by atoms with E-state index in [1.54, 1.807) is 42.5 Å². The van der Waals surface area contributed by atoms with E-state index in [1.807, 2.05) is 6.07 Å². The number of nitrogens with one attached hydrogen (secondary N) is 2. The first kappa shape index (κ1) is 15.4. The highest BCUT2D eigenvalue weighted by Crippen LogP contribution is 2.28. The summed E-state index contributed by atoms with van der Waals surface area (Å²) in [5.74, 6) is -0.237. The minimum Gasteiger partial charge on any atom is -0.298 e. The van der Waals surface area contributed by atoms with Gasteiger partial charge in [-0.15, -0.1) is 0 Å². The third kappa shape index (κ3) is 3.85. The lowest BCUT2D eigenvalue weighted by Gasteiger charge is -2.02. The monoisotopic (exact) mass is 347 g/mol. The highest BCUT2D eigenvalue weighted by Gasteiger charge is 2.10. The van der Waals surface area contributed by atoms with Crippen molar-refractivity contribution in [2.75, 3.05) is 16.3 Å². The van der Waals surface area contributed by atoms with Crippen LogP contribution in [0.1, 0.15) is 10.4 Å². The number of hydrogen-bond donors (Lipinski definition) is 2. The van der Waals surface area contributed by atoms with Gasteiger partial charge in [0.25, 0.3) is 5.91 Å². The molecule has 1 amide bonds. The number of fused-ring (bicyclic) bond motifs is 1. The van der Waals surface area contributed by atoms with Crippen molar-refractivity contribution >= 4 is 48.3 Å². The second-order valence-electron chi connectivity index (χ2n) is 4.90. The second kappa shape index (κ2) is 5.98. The molecular formula is C15H13N3O3S2. The fraction of sp³-hybridized carbons (Fsp3) is 0.0667. The molecule has 8 heteroatoms. The van der Waals surface area contributed by atoms with Gasteiger partial charge in [0.1, 0.15) is 0 Å². The predicted octanol–water partition coefficient (Wildman–Crippen LogP) is 2.92. The second-order valence-corrected chi connectivity index (χ2v) is 7.68. The minimum atomic E-state index is -3.34. The van der Waals surface area contributed by atoms with E-state index < -0.39 is 10.0 Å². The van der Waals surface area contributed by atoms with Crippen molar-refractivity contribution in [2.24, 2.45) is 0 Å². The Morgan fingerprint density at radius 3 is 2.57 bits per heavy atom. The lowest BCUT2D eigenvalue weighted by atomic mass is 10.2. The molecule has 6 nitrogen and oxygen atoms in total. The summed E-state index contributed by atoms with van der Waals surface area (Å²) in [6, 6.07) is 13.9. The molecule has 0 saturated heterocycles. The first-order valence-electron chi connectivity index (χ1n) is 6.65. The summed E-state index contributed by atoms with van der Waals surface area (Å²) >= 11 is 1.33. The number of rotatable bonds is 4. The zero-order chi connectivity index (χ0) is 16.4. The van der Waals surface area contributed by atoms with Gasteiger partial charge in [0.05, 0.1) is 22.2 Å². The fourth-order valence-corrected chi connectivity index (χ4v) is 3.41. The van der Waals surface area contributed by atoms with Crippen LogP contribution in [0.2, 0.25) is 0 Å². The number of sulfonamides is 1. The molecule has 2 aromatic carbocycles. The lowest BCUT2D eigenvalue weighted by Crippen LogP contribution is -2.11. The maximum atomic E-state index is 12.1. The molecular weight excluding hydrogens is 334 g/mol. The van der Waals surface area contributed by atoms with E-state index in [-0.39, 0.29) is 5.91 Å². The van der Waals surface area contributed by atoms with Gasteiger partial charge >= 0.3 is 0 Å². The molecule has 0 radical (unpaired) electrons. The van der Waals surface area contributed by atoms with Gasteiger partial charge in [-0.2, -0.15) is 0 Å². The van der Waals surface area contributed by atoms with Gasteiger partial charge in [-0.05, 0) is 30.3 Å². The third-order valence-corrected chi connectivity index (χ3v) is 4.51. The van der Waals surface area contributed by atoms with Crippen LogP contribution in [0.15, 0.2) is 48.5 Å². The van der Waals surface area contributed by atoms with Crippen LogP contribution in [0.3, 0.4) is 0 Å². The molecule has 0 saturated carbocycles. The highest BCUT2D eigenvalue weighted by molar-refractivity contribution is 7.92. The summed E-state index contributed by atoms with van der Waals surface area (Å²) < 4.78 is 25.8. The molecule has 0 spiro atoms. The van der Waals surface area contributed by atoms with E-state index in [0.717, 1.165) is 11.0 Å². The molecule has 0 unspecified atom stereocenters. The van der Waals surface area contributed by atoms with Crippen molar-refractivity contribution in [3.05, 3.63) is 54.1 Å². The first-order valence-corrected chi connectivity index (χ1v) is 9.36. The van der Waals surface area contributed by atoms with Gasteiger partial charge in [-0.3, -0.25) is 14.8 Å². The summed E-state index contributed by atoms with van der Waals surface area (Å²) in [6.07, 6.45) is 1.09. The van der Waals surface area contributed by atoms with Crippen LogP contribution in [0, 0.1) is 0 Å². The van der Waals surface area contributed by atoms with Gasteiger partial charge in [0, 0.05) is 5.56 Å². The Bertz CT molecular complexity index is 966. The van der Waals surface area contributed by atoms with E-state index in [0.29, 0.717) is 21.9 Å². The summed E-state index contributed by atoms with van der Waals surface area (Å²) in [4.78, 5) is 16.4. The Labute approximate surface area is 137 Å². The van der Waals surface area contributed by atoms with Crippen LogP contribution in [0.5, 0.6) is 0 Å². The standard InChI is InChI=1S/C15H13N3O3S2/c1-23(20,21)18-11-7-8-13-12(9-11)16-15(22-13)17-14(19)10-5-3-2-4-6-10/h2-9,18H,1H3,(H,16,17,19). The molecule has 1 aromatic heterocycles. The molecule has 0 fully saturated rings. The summed E-state index contributed by atoms with van der Waals surface area (Å²) in [5.41, 5.74) is 1.60. The molecule has 0 aliphatic carbocycles. The van der Waals surface area contributed by atoms with Gasteiger partial charge in [-0.1, -0.05) is 29.5 Å². The van der Waals surface area contributed by atoms with Crippen LogP contribution < -0.4 is 10.0 Å². The Kier molecular flexibility index (Phi) is 4.01. The third-order valence-electron chi connectivity index (χ3n) is 2.95. The van der Waals surface area contributed by atoms with Gasteiger partial charge in [-0.25, -0.2) is 13.4 Å². The maximum Gasteiger partial charge on any atom is 0.257 e. The average Bonchev–Trinajstić information content (AvgIpc) is 2.88. The maximum absolute atomic E-state index is 12.1. The number of aromatic nitrogens is 1. The molecule has 23 heavy (non-hydrogen) atoms. The van der Waals surface area contributed by atoms with Crippen LogP contribution >= 0.6 is 11.3 Å². The normalized spacial score (nSPS) is 11.3. The van der Waals surface area contributed by atoms with Crippen molar-refractivity contribution in [3.8, 4) is 0 Å². The van der Waals surface area contributed by atoms with Crippen molar-refractivity contribution in [1.29, 1.82) is 0 Å². The summed E-state index contributed by atoms with van der Waals surface area (Å²) in [5, 5.41) is 3.21. The predicted molar refractivity (Wildman–Crippen MR) is 92.5 cm³/mol. The quantitative estimate of drug-likeness (QED) is 0.759. The van der Waals surface area contributed by atoms with E-state index in [1.165, 1.54) is 11.3 Å². The molecule has 0 aliphatic rings. The zero-order valence-electron chi connectivity index (χ0n) is 12.1. The van der Waals surface area contributed by atoms with E-state index in [2.05, 4.69) is 15.0 Å². The van der Waals surface area contributed by atoms with Crippen LogP contribution in [-0.4, -0.2) is 25.6 Å². The molecule has 0 bridgehead atoms. The molecule has 0 aliphatic heterocycles. The molecule has 3 rings (SSSR count). The van der Waals surface area contributed by atoms with Gasteiger partial charge in [0.2, 0.25) is 10.0 Å². The largest absolute Gasteiger partial charge is 0.298 e. The summed E-state index contributed by atoms with van der Waals surface area (Å²) in [7, 11) is -3.34. The Morgan fingerprint density at radius 2 is 1.87 bits per heavy atom. The lowest BCUT2D eigenvalue weighted by molar-refractivity contribution is 0.102. The van der Waals surface area contributed by atoms with Crippen molar-refractivity contribution in [2.45, 2.75) is 0 Å². The molecule has 1 heterocycles. The summed E-state index contributed by atoms with van der Waals surface area (Å²) in [6.45, 7) is 0. The number of nitrogens with zero attached hydrogens (tertiary/aromatic N) is 1. The highest BCUT2D eigenvalue weighted by atomic mass is 32.2. The van der Waals surface area contributed by atoms with Crippen LogP contribution in [0.4, 0.5) is 10.8 Å². The number of hydrogen-bond acceptors (Lipinski definition) is 5.